The van der Waals surface area contributed by atoms with Gasteiger partial charge in [-0.3, -0.25) is 4.79 Å². The molecule has 28 heavy (non-hydrogen) atoms. The number of hydrogen-bond acceptors (Lipinski definition) is 5. The van der Waals surface area contributed by atoms with Gasteiger partial charge in [0, 0.05) is 18.5 Å². The summed E-state index contributed by atoms with van der Waals surface area (Å²) in [5.74, 6) is 0.237. The van der Waals surface area contributed by atoms with E-state index in [0.717, 1.165) is 32.1 Å². The van der Waals surface area contributed by atoms with Gasteiger partial charge in [0.15, 0.2) is 18.1 Å². The first-order chi connectivity index (χ1) is 13.6. The summed E-state index contributed by atoms with van der Waals surface area (Å²) >= 11 is 6.23. The molecule has 6 nitrogen and oxygen atoms in total. The molecule has 2 aliphatic rings. The Labute approximate surface area is 170 Å². The van der Waals surface area contributed by atoms with Crippen LogP contribution in [-0.4, -0.2) is 37.7 Å². The molecule has 0 spiro atoms. The molecule has 1 N–H and O–H groups in total. The molecule has 0 saturated heterocycles. The SMILES string of the molecule is O=C(COC(=O)C=Cc1cc(Cl)c2c(c1)OCCCO2)NC1CCCCCC1. The van der Waals surface area contributed by atoms with Crippen LogP contribution in [0.3, 0.4) is 0 Å². The van der Waals surface area contributed by atoms with Gasteiger partial charge in [-0.25, -0.2) is 4.79 Å². The van der Waals surface area contributed by atoms with Gasteiger partial charge in [0.05, 0.1) is 18.2 Å². The molecule has 1 aliphatic heterocycles. The minimum Gasteiger partial charge on any atom is -0.489 e. The molecule has 1 saturated carbocycles. The van der Waals surface area contributed by atoms with Gasteiger partial charge < -0.3 is 19.5 Å². The zero-order chi connectivity index (χ0) is 19.8. The third-order valence-corrected chi connectivity index (χ3v) is 5.08. The number of fused-ring (bicyclic) bond motifs is 1. The molecule has 1 amide bonds. The van der Waals surface area contributed by atoms with Crippen LogP contribution in [-0.2, 0) is 14.3 Å². The summed E-state index contributed by atoms with van der Waals surface area (Å²) in [5.41, 5.74) is 0.689. The average molecular weight is 408 g/mol. The molecule has 0 atom stereocenters. The van der Waals surface area contributed by atoms with Crippen LogP contribution in [0.4, 0.5) is 0 Å². The molecule has 1 aromatic carbocycles. The second-order valence-corrected chi connectivity index (χ2v) is 7.48. The summed E-state index contributed by atoms with van der Waals surface area (Å²) in [7, 11) is 0. The zero-order valence-corrected chi connectivity index (χ0v) is 16.6. The Balaban J connectivity index is 1.49. The summed E-state index contributed by atoms with van der Waals surface area (Å²) in [4.78, 5) is 23.9. The van der Waals surface area contributed by atoms with Crippen LogP contribution in [0.1, 0.15) is 50.5 Å². The zero-order valence-electron chi connectivity index (χ0n) is 15.9. The van der Waals surface area contributed by atoms with Gasteiger partial charge in [-0.05, 0) is 36.6 Å². The van der Waals surface area contributed by atoms with Crippen molar-refractivity contribution in [2.45, 2.75) is 51.0 Å². The van der Waals surface area contributed by atoms with Gasteiger partial charge in [-0.2, -0.15) is 0 Å². The number of amides is 1. The number of carbonyl (C=O) groups excluding carboxylic acids is 2. The van der Waals surface area contributed by atoms with E-state index in [2.05, 4.69) is 5.32 Å². The molecule has 1 heterocycles. The Morgan fingerprint density at radius 2 is 1.86 bits per heavy atom. The Morgan fingerprint density at radius 1 is 1.11 bits per heavy atom. The summed E-state index contributed by atoms with van der Waals surface area (Å²) in [6, 6.07) is 3.64. The van der Waals surface area contributed by atoms with E-state index >= 15 is 0 Å². The van der Waals surface area contributed by atoms with Gasteiger partial charge in [-0.15, -0.1) is 0 Å². The van der Waals surface area contributed by atoms with Gasteiger partial charge in [0.1, 0.15) is 0 Å². The predicted octanol–water partition coefficient (Wildman–Crippen LogP) is 3.90. The first-order valence-corrected chi connectivity index (χ1v) is 10.2. The number of rotatable bonds is 5. The van der Waals surface area contributed by atoms with Crippen LogP contribution in [0.5, 0.6) is 11.5 Å². The highest BCUT2D eigenvalue weighted by Gasteiger charge is 2.16. The number of benzene rings is 1. The van der Waals surface area contributed by atoms with Crippen LogP contribution in [0, 0.1) is 0 Å². The summed E-state index contributed by atoms with van der Waals surface area (Å²) in [5, 5.41) is 3.37. The second-order valence-electron chi connectivity index (χ2n) is 7.08. The smallest absolute Gasteiger partial charge is 0.331 e. The maximum Gasteiger partial charge on any atom is 0.331 e. The molecular weight excluding hydrogens is 382 g/mol. The van der Waals surface area contributed by atoms with Crippen LogP contribution in [0.15, 0.2) is 18.2 Å². The van der Waals surface area contributed by atoms with Crippen molar-refractivity contribution in [3.05, 3.63) is 28.8 Å². The molecule has 0 radical (unpaired) electrons. The van der Waals surface area contributed by atoms with E-state index in [1.54, 1.807) is 18.2 Å². The van der Waals surface area contributed by atoms with Crippen LogP contribution in [0.25, 0.3) is 6.08 Å². The predicted molar refractivity (Wildman–Crippen MR) is 107 cm³/mol. The fourth-order valence-electron chi connectivity index (χ4n) is 3.39. The van der Waals surface area contributed by atoms with Gasteiger partial charge >= 0.3 is 5.97 Å². The van der Waals surface area contributed by atoms with Crippen molar-refractivity contribution in [1.82, 2.24) is 5.32 Å². The average Bonchev–Trinajstić information content (AvgIpc) is 3.07. The lowest BCUT2D eigenvalue weighted by Gasteiger charge is -2.15. The summed E-state index contributed by atoms with van der Waals surface area (Å²) < 4.78 is 16.2. The monoisotopic (exact) mass is 407 g/mol. The fraction of sp³-hybridized carbons (Fsp3) is 0.524. The molecule has 0 aromatic heterocycles. The van der Waals surface area contributed by atoms with Crippen molar-refractivity contribution < 1.29 is 23.8 Å². The summed E-state index contributed by atoms with van der Waals surface area (Å²) in [6.07, 6.45) is 10.3. The normalized spacial score (nSPS) is 17.6. The van der Waals surface area contributed by atoms with E-state index in [1.165, 1.54) is 18.9 Å². The maximum atomic E-state index is 12.0. The van der Waals surface area contributed by atoms with E-state index in [-0.39, 0.29) is 18.6 Å². The van der Waals surface area contributed by atoms with Crippen molar-refractivity contribution in [3.8, 4) is 11.5 Å². The molecule has 152 valence electrons. The first kappa shape index (κ1) is 20.5. The van der Waals surface area contributed by atoms with Crippen LogP contribution in [0.2, 0.25) is 5.02 Å². The highest BCUT2D eigenvalue weighted by molar-refractivity contribution is 6.32. The molecular formula is C21H26ClNO5. The molecule has 1 aromatic rings. The number of carbonyl (C=O) groups is 2. The molecule has 1 fully saturated rings. The summed E-state index contributed by atoms with van der Waals surface area (Å²) in [6.45, 7) is 0.827. The van der Waals surface area contributed by atoms with Crippen LogP contribution >= 0.6 is 11.6 Å². The van der Waals surface area contributed by atoms with E-state index in [0.29, 0.717) is 35.3 Å². The van der Waals surface area contributed by atoms with Gasteiger partial charge in [0.2, 0.25) is 0 Å². The minimum atomic E-state index is -0.584. The quantitative estimate of drug-likeness (QED) is 0.455. The van der Waals surface area contributed by atoms with E-state index in [4.69, 9.17) is 25.8 Å². The lowest BCUT2D eigenvalue weighted by atomic mass is 10.1. The maximum absolute atomic E-state index is 12.0. The molecule has 1 aliphatic carbocycles. The van der Waals surface area contributed by atoms with Crippen LogP contribution < -0.4 is 14.8 Å². The third-order valence-electron chi connectivity index (χ3n) is 4.80. The molecule has 3 rings (SSSR count). The minimum absolute atomic E-state index is 0.188. The van der Waals surface area contributed by atoms with Crippen molar-refractivity contribution in [2.24, 2.45) is 0 Å². The molecule has 7 heteroatoms. The van der Waals surface area contributed by atoms with Crippen molar-refractivity contribution in [2.75, 3.05) is 19.8 Å². The van der Waals surface area contributed by atoms with Gasteiger partial charge in [0.25, 0.3) is 5.91 Å². The topological polar surface area (TPSA) is 73.9 Å². The second kappa shape index (κ2) is 10.4. The Morgan fingerprint density at radius 3 is 2.64 bits per heavy atom. The Bertz CT molecular complexity index is 726. The van der Waals surface area contributed by atoms with E-state index in [1.807, 2.05) is 0 Å². The fourth-order valence-corrected chi connectivity index (χ4v) is 3.66. The number of hydrogen-bond donors (Lipinski definition) is 1. The van der Waals surface area contributed by atoms with Crippen molar-refractivity contribution >= 4 is 29.6 Å². The Hall–Kier alpha value is -2.21. The van der Waals surface area contributed by atoms with E-state index in [9.17, 15) is 9.59 Å². The van der Waals surface area contributed by atoms with Crippen molar-refractivity contribution in [3.63, 3.8) is 0 Å². The lowest BCUT2D eigenvalue weighted by Crippen LogP contribution is -2.37. The van der Waals surface area contributed by atoms with Gasteiger partial charge in [-0.1, -0.05) is 37.3 Å². The third kappa shape index (κ3) is 6.16. The lowest BCUT2D eigenvalue weighted by molar-refractivity contribution is -0.144. The first-order valence-electron chi connectivity index (χ1n) is 9.85. The number of esters is 1. The molecule has 0 unspecified atom stereocenters. The molecule has 0 bridgehead atoms. The highest BCUT2D eigenvalue weighted by atomic mass is 35.5. The number of ether oxygens (including phenoxy) is 3. The van der Waals surface area contributed by atoms with E-state index < -0.39 is 5.97 Å². The standard InChI is InChI=1S/C21H26ClNO5/c22-17-12-15(13-18-21(17)27-11-5-10-26-18)8-9-20(25)28-14-19(24)23-16-6-3-1-2-4-7-16/h8-9,12-13,16H,1-7,10-11,14H2,(H,23,24). The number of halogens is 1. The van der Waals surface area contributed by atoms with Crippen molar-refractivity contribution in [1.29, 1.82) is 0 Å². The Kier molecular flexibility index (Phi) is 7.60. The highest BCUT2D eigenvalue weighted by Crippen LogP contribution is 2.38. The largest absolute Gasteiger partial charge is 0.489 e. The number of nitrogens with one attached hydrogen (secondary N) is 1.